The topological polar surface area (TPSA) is 38.5 Å². The van der Waals surface area contributed by atoms with Gasteiger partial charge in [0.15, 0.2) is 0 Å². The molecule has 0 amide bonds. The summed E-state index contributed by atoms with van der Waals surface area (Å²) in [5.41, 5.74) is -4.40. The van der Waals surface area contributed by atoms with Crippen molar-refractivity contribution < 1.29 is 21.6 Å². The summed E-state index contributed by atoms with van der Waals surface area (Å²) in [5, 5.41) is 0.478. The Hall–Kier alpha value is -0.560. The van der Waals surface area contributed by atoms with Crippen molar-refractivity contribution in [2.45, 2.75) is 15.7 Å². The predicted octanol–water partition coefficient (Wildman–Crippen LogP) is 3.03. The van der Waals surface area contributed by atoms with Gasteiger partial charge in [-0.05, 0) is 17.7 Å². The maximum atomic E-state index is 12.2. The molecule has 1 aromatic rings. The SMILES string of the molecule is O=S(=[OH+])(c1ccc(CBr)cc1)C(F)(F)F. The maximum absolute atomic E-state index is 12.2. The van der Waals surface area contributed by atoms with Gasteiger partial charge in [0.2, 0.25) is 0 Å². The molecule has 0 saturated heterocycles. The van der Waals surface area contributed by atoms with E-state index in [1.54, 1.807) is 0 Å². The van der Waals surface area contributed by atoms with E-state index in [-0.39, 0.29) is 0 Å². The molecule has 15 heavy (non-hydrogen) atoms. The first-order chi connectivity index (χ1) is 6.79. The minimum absolute atomic E-state index is 0.478. The molecule has 84 valence electrons. The number of benzene rings is 1. The fourth-order valence-corrected chi connectivity index (χ4v) is 2.04. The van der Waals surface area contributed by atoms with Crippen LogP contribution in [0.1, 0.15) is 5.56 Å². The van der Waals surface area contributed by atoms with Gasteiger partial charge < -0.3 is 0 Å². The largest absolute Gasteiger partial charge is 0.549 e. The van der Waals surface area contributed by atoms with Crippen molar-refractivity contribution >= 4 is 25.8 Å². The lowest BCUT2D eigenvalue weighted by molar-refractivity contribution is -0.0433. The molecule has 1 N–H and O–H groups in total. The average Bonchev–Trinajstić information content (AvgIpc) is 2.16. The second-order valence-electron chi connectivity index (χ2n) is 2.75. The highest BCUT2D eigenvalue weighted by atomic mass is 79.9. The van der Waals surface area contributed by atoms with Gasteiger partial charge in [0.05, 0.1) is 0 Å². The summed E-state index contributed by atoms with van der Waals surface area (Å²) in [6.07, 6.45) is 0. The molecular formula is C8H7BrF3O2S+. The van der Waals surface area contributed by atoms with Crippen molar-refractivity contribution in [3.63, 3.8) is 0 Å². The molecular weight excluding hydrogens is 297 g/mol. The fourth-order valence-electron chi connectivity index (χ4n) is 0.897. The molecule has 1 unspecified atom stereocenters. The summed E-state index contributed by atoms with van der Waals surface area (Å²) < 4.78 is 56.4. The van der Waals surface area contributed by atoms with E-state index >= 15 is 0 Å². The third-order valence-electron chi connectivity index (χ3n) is 1.71. The summed E-state index contributed by atoms with van der Waals surface area (Å²) in [7, 11) is -4.97. The first-order valence-electron chi connectivity index (χ1n) is 3.77. The molecule has 0 heterocycles. The molecule has 7 heteroatoms. The van der Waals surface area contributed by atoms with Crippen LogP contribution in [0.4, 0.5) is 13.2 Å². The Bertz CT molecular complexity index is 436. The highest BCUT2D eigenvalue weighted by Crippen LogP contribution is 2.30. The summed E-state index contributed by atoms with van der Waals surface area (Å²) >= 11 is 3.12. The Morgan fingerprint density at radius 2 is 1.73 bits per heavy atom. The van der Waals surface area contributed by atoms with Crippen molar-refractivity contribution in [2.75, 3.05) is 0 Å². The van der Waals surface area contributed by atoms with E-state index in [1.165, 1.54) is 12.1 Å². The number of hydrogen-bond donors (Lipinski definition) is 0. The lowest BCUT2D eigenvalue weighted by atomic mass is 10.2. The van der Waals surface area contributed by atoms with Gasteiger partial charge >= 0.3 is 15.3 Å². The number of alkyl halides is 4. The van der Waals surface area contributed by atoms with Crippen molar-refractivity contribution in [2.24, 2.45) is 0 Å². The summed E-state index contributed by atoms with van der Waals surface area (Å²) in [5.74, 6) is 0. The summed E-state index contributed by atoms with van der Waals surface area (Å²) in [4.78, 5) is -0.625. The molecule has 0 saturated carbocycles. The van der Waals surface area contributed by atoms with Gasteiger partial charge in [-0.25, -0.2) is 4.21 Å². The van der Waals surface area contributed by atoms with Crippen molar-refractivity contribution in [1.82, 2.24) is 0 Å². The molecule has 1 atom stereocenters. The highest BCUT2D eigenvalue weighted by molar-refractivity contribution is 9.08. The van der Waals surface area contributed by atoms with Gasteiger partial charge in [0.1, 0.15) is 4.90 Å². The highest BCUT2D eigenvalue weighted by Gasteiger charge is 2.52. The third kappa shape index (κ3) is 2.52. The van der Waals surface area contributed by atoms with E-state index in [9.17, 15) is 17.4 Å². The predicted molar refractivity (Wildman–Crippen MR) is 53.5 cm³/mol. The number of hydrogen-bond acceptors (Lipinski definition) is 1. The maximum Gasteiger partial charge on any atom is 0.549 e. The van der Waals surface area contributed by atoms with E-state index in [0.717, 1.165) is 17.7 Å². The van der Waals surface area contributed by atoms with Gasteiger partial charge in [0, 0.05) is 5.33 Å². The molecule has 0 aliphatic carbocycles. The van der Waals surface area contributed by atoms with Gasteiger partial charge in [-0.15, -0.1) is 0 Å². The Kier molecular flexibility index (Phi) is 3.44. The van der Waals surface area contributed by atoms with Gasteiger partial charge in [-0.2, -0.15) is 17.4 Å². The fraction of sp³-hybridized carbons (Fsp3) is 0.250. The Labute approximate surface area is 93.2 Å². The van der Waals surface area contributed by atoms with Crippen molar-refractivity contribution in [3.8, 4) is 0 Å². The standard InChI is InChI=1S/C8H6BrF3O2S/c9-5-6-1-3-7(4-2-6)15(13,14)8(10,11)12/h1-4H,5H2/p+1. The smallest absolute Gasteiger partial charge is 0.215 e. The van der Waals surface area contributed by atoms with Crippen molar-refractivity contribution in [1.29, 1.82) is 0 Å². The summed E-state index contributed by atoms with van der Waals surface area (Å²) in [6.45, 7) is 0. The second-order valence-corrected chi connectivity index (χ2v) is 5.30. The normalized spacial score (nSPS) is 16.0. The first kappa shape index (κ1) is 12.5. The average molecular weight is 304 g/mol. The third-order valence-corrected chi connectivity index (χ3v) is 3.90. The molecule has 0 spiro atoms. The van der Waals surface area contributed by atoms with E-state index < -0.39 is 20.2 Å². The zero-order chi connectivity index (χ0) is 11.7. The molecule has 0 fully saturated rings. The van der Waals surface area contributed by atoms with Crippen LogP contribution in [0.2, 0.25) is 0 Å². The Balaban J connectivity index is 3.18. The van der Waals surface area contributed by atoms with E-state index in [0.29, 0.717) is 5.33 Å². The van der Waals surface area contributed by atoms with Crippen LogP contribution < -0.4 is 0 Å². The molecule has 2 nitrogen and oxygen atoms in total. The lowest BCUT2D eigenvalue weighted by Gasteiger charge is -2.03. The van der Waals surface area contributed by atoms with Gasteiger partial charge in [0.25, 0.3) is 0 Å². The molecule has 0 aromatic heterocycles. The van der Waals surface area contributed by atoms with Crippen LogP contribution in [0.5, 0.6) is 0 Å². The van der Waals surface area contributed by atoms with Gasteiger partial charge in [-0.3, -0.25) is 0 Å². The minimum atomic E-state index is -5.14. The van der Waals surface area contributed by atoms with E-state index in [1.807, 2.05) is 0 Å². The molecule has 0 aliphatic rings. The monoisotopic (exact) mass is 303 g/mol. The quantitative estimate of drug-likeness (QED) is 0.611. The van der Waals surface area contributed by atoms with E-state index in [4.69, 9.17) is 4.21 Å². The number of halogens is 4. The van der Waals surface area contributed by atoms with E-state index in [2.05, 4.69) is 15.9 Å². The minimum Gasteiger partial charge on any atom is -0.215 e. The van der Waals surface area contributed by atoms with Crippen LogP contribution in [0.3, 0.4) is 0 Å². The van der Waals surface area contributed by atoms with Crippen molar-refractivity contribution in [3.05, 3.63) is 29.8 Å². The van der Waals surface area contributed by atoms with Gasteiger partial charge in [-0.1, -0.05) is 28.1 Å². The Morgan fingerprint density at radius 1 is 1.27 bits per heavy atom. The van der Waals surface area contributed by atoms with Crippen LogP contribution in [0.25, 0.3) is 0 Å². The lowest BCUT2D eigenvalue weighted by Crippen LogP contribution is -2.22. The number of rotatable bonds is 2. The summed E-state index contributed by atoms with van der Waals surface area (Å²) in [6, 6.07) is 4.75. The van der Waals surface area contributed by atoms with Crippen LogP contribution in [0, 0.1) is 0 Å². The van der Waals surface area contributed by atoms with Crippen LogP contribution in [-0.2, 0) is 15.2 Å². The molecule has 1 aromatic carbocycles. The first-order valence-corrected chi connectivity index (χ1v) is 6.40. The second kappa shape index (κ2) is 4.13. The Morgan fingerprint density at radius 3 is 2.07 bits per heavy atom. The van der Waals surface area contributed by atoms with Crippen LogP contribution in [0.15, 0.2) is 29.2 Å². The molecule has 0 radical (unpaired) electrons. The zero-order valence-corrected chi connectivity index (χ0v) is 9.69. The zero-order valence-electron chi connectivity index (χ0n) is 7.29. The van der Waals surface area contributed by atoms with Crippen LogP contribution >= 0.6 is 15.9 Å². The molecule has 0 aliphatic heterocycles. The molecule has 0 bridgehead atoms. The molecule has 1 rings (SSSR count). The van der Waals surface area contributed by atoms with Crippen LogP contribution in [-0.4, -0.2) is 13.9 Å².